The van der Waals surface area contributed by atoms with Crippen molar-refractivity contribution < 1.29 is 43.4 Å². The first-order chi connectivity index (χ1) is 15.4. The van der Waals surface area contributed by atoms with Gasteiger partial charge in [-0.2, -0.15) is 0 Å². The summed E-state index contributed by atoms with van der Waals surface area (Å²) in [5.41, 5.74) is 0.816. The maximum Gasteiger partial charge on any atom is 0.207 e. The predicted octanol–water partition coefficient (Wildman–Crippen LogP) is 3.45. The predicted molar refractivity (Wildman–Crippen MR) is 119 cm³/mol. The van der Waals surface area contributed by atoms with Crippen LogP contribution in [0.15, 0.2) is 24.3 Å². The number of benzene rings is 2. The van der Waals surface area contributed by atoms with Crippen molar-refractivity contribution in [1.82, 2.24) is 0 Å². The van der Waals surface area contributed by atoms with Crippen LogP contribution in [0.25, 0.3) is 12.2 Å². The van der Waals surface area contributed by atoms with Gasteiger partial charge < -0.3 is 38.6 Å². The van der Waals surface area contributed by atoms with Crippen molar-refractivity contribution in [3.05, 3.63) is 35.4 Å². The summed E-state index contributed by atoms with van der Waals surface area (Å²) in [6.45, 7) is 0. The molecule has 2 aromatic carbocycles. The van der Waals surface area contributed by atoms with Gasteiger partial charge in [0.05, 0.1) is 42.7 Å². The lowest BCUT2D eigenvalue weighted by Gasteiger charge is -2.14. The number of aromatic hydroxyl groups is 2. The second-order valence-corrected chi connectivity index (χ2v) is 6.24. The van der Waals surface area contributed by atoms with Crippen molar-refractivity contribution in [3.63, 3.8) is 0 Å². The van der Waals surface area contributed by atoms with E-state index in [1.165, 1.54) is 67.0 Å². The van der Waals surface area contributed by atoms with Crippen molar-refractivity contribution in [3.8, 4) is 46.0 Å². The van der Waals surface area contributed by atoms with Crippen molar-refractivity contribution in [1.29, 1.82) is 0 Å². The van der Waals surface area contributed by atoms with Crippen LogP contribution in [0.5, 0.6) is 46.0 Å². The fourth-order valence-electron chi connectivity index (χ4n) is 3.03. The minimum Gasteiger partial charge on any atom is -0.502 e. The van der Waals surface area contributed by atoms with Gasteiger partial charge in [-0.25, -0.2) is 0 Å². The van der Waals surface area contributed by atoms with Gasteiger partial charge in [0.1, 0.15) is 0 Å². The van der Waals surface area contributed by atoms with Crippen LogP contribution in [0.2, 0.25) is 0 Å². The number of hydrogen-bond donors (Lipinski definition) is 2. The van der Waals surface area contributed by atoms with E-state index in [9.17, 15) is 15.0 Å². The van der Waals surface area contributed by atoms with Crippen molar-refractivity contribution in [2.75, 3.05) is 42.7 Å². The number of phenolic OH excluding ortho intramolecular Hbond substituents is 2. The maximum atomic E-state index is 12.4. The van der Waals surface area contributed by atoms with E-state index in [4.69, 9.17) is 28.4 Å². The van der Waals surface area contributed by atoms with Gasteiger partial charge in [0.2, 0.25) is 23.0 Å². The molecule has 0 heterocycles. The van der Waals surface area contributed by atoms with E-state index in [2.05, 4.69) is 0 Å². The molecule has 0 spiro atoms. The normalized spacial score (nSPS) is 10.9. The molecule has 0 atom stereocenters. The van der Waals surface area contributed by atoms with E-state index in [-0.39, 0.29) is 51.8 Å². The third-order valence-electron chi connectivity index (χ3n) is 4.52. The van der Waals surface area contributed by atoms with Crippen molar-refractivity contribution in [2.24, 2.45) is 0 Å². The van der Waals surface area contributed by atoms with Crippen LogP contribution in [-0.2, 0) is 4.79 Å². The number of hydrogen-bond acceptors (Lipinski definition) is 9. The first kappa shape index (κ1) is 24.3. The zero-order valence-corrected chi connectivity index (χ0v) is 18.7. The Hall–Kier alpha value is -4.01. The number of allylic oxidation sites excluding steroid dienone is 2. The summed E-state index contributed by atoms with van der Waals surface area (Å²) in [5.74, 6) is 0.172. The van der Waals surface area contributed by atoms with Crippen LogP contribution in [0.4, 0.5) is 0 Å². The number of carbonyl (C=O) groups excluding carboxylic acids is 1. The number of carbonyl (C=O) groups is 1. The molecule has 0 aliphatic carbocycles. The number of ether oxygens (including phenoxy) is 6. The van der Waals surface area contributed by atoms with E-state index in [0.717, 1.165) is 0 Å². The Labute approximate surface area is 186 Å². The number of methoxy groups -OCH3 is 6. The lowest BCUT2D eigenvalue weighted by Crippen LogP contribution is -1.97. The monoisotopic (exact) mass is 446 g/mol. The summed E-state index contributed by atoms with van der Waals surface area (Å²) in [5, 5.41) is 20.7. The van der Waals surface area contributed by atoms with Crippen molar-refractivity contribution in [2.45, 2.75) is 0 Å². The third kappa shape index (κ3) is 4.83. The molecule has 0 fully saturated rings. The molecule has 0 radical (unpaired) electrons. The second kappa shape index (κ2) is 10.9. The van der Waals surface area contributed by atoms with E-state index in [1.807, 2.05) is 0 Å². The van der Waals surface area contributed by atoms with Gasteiger partial charge in [-0.05, 0) is 36.4 Å². The Morgan fingerprint density at radius 3 is 1.25 bits per heavy atom. The molecular formula is C23H26O9. The van der Waals surface area contributed by atoms with E-state index in [1.54, 1.807) is 12.1 Å². The van der Waals surface area contributed by atoms with Crippen LogP contribution < -0.4 is 28.4 Å². The molecular weight excluding hydrogens is 420 g/mol. The van der Waals surface area contributed by atoms with E-state index < -0.39 is 0 Å². The molecule has 9 nitrogen and oxygen atoms in total. The summed E-state index contributed by atoms with van der Waals surface area (Å²) in [4.78, 5) is 12.4. The third-order valence-corrected chi connectivity index (χ3v) is 4.52. The molecule has 9 heteroatoms. The molecule has 32 heavy (non-hydrogen) atoms. The first-order valence-electron chi connectivity index (χ1n) is 9.30. The molecule has 172 valence electrons. The van der Waals surface area contributed by atoms with Crippen LogP contribution in [-0.4, -0.2) is 58.7 Å². The number of ketones is 1. The Morgan fingerprint density at radius 2 is 0.969 bits per heavy atom. The molecule has 0 amide bonds. The lowest BCUT2D eigenvalue weighted by atomic mass is 10.1. The Bertz CT molecular complexity index is 957. The molecule has 2 aromatic rings. The van der Waals surface area contributed by atoms with Crippen molar-refractivity contribution >= 4 is 17.9 Å². The Morgan fingerprint density at radius 1 is 0.625 bits per heavy atom. The molecule has 0 aromatic heterocycles. The summed E-state index contributed by atoms with van der Waals surface area (Å²) in [6.07, 6.45) is 5.51. The Balaban J connectivity index is 2.38. The standard InChI is InChI=1S/C23H26O9/c1-27-16-11-13(20(29-3)18(25)22(16)31-5)7-9-15(24)10-8-14-12-17(28-2)23(32-6)19(26)21(14)30-4/h7-12,25-26H,1-6H3/b9-7+,10-8+. The summed E-state index contributed by atoms with van der Waals surface area (Å²) in [6, 6.07) is 3.14. The van der Waals surface area contributed by atoms with E-state index in [0.29, 0.717) is 11.1 Å². The van der Waals surface area contributed by atoms with Gasteiger partial charge in [-0.1, -0.05) is 0 Å². The van der Waals surface area contributed by atoms with E-state index >= 15 is 0 Å². The minimum absolute atomic E-state index is 0.119. The quantitative estimate of drug-likeness (QED) is 0.530. The molecule has 2 rings (SSSR count). The highest BCUT2D eigenvalue weighted by Gasteiger charge is 2.20. The van der Waals surface area contributed by atoms with Gasteiger partial charge in [0.25, 0.3) is 0 Å². The van der Waals surface area contributed by atoms with Crippen LogP contribution in [0.3, 0.4) is 0 Å². The average molecular weight is 446 g/mol. The molecule has 2 N–H and O–H groups in total. The van der Waals surface area contributed by atoms with Gasteiger partial charge in [0.15, 0.2) is 28.8 Å². The highest BCUT2D eigenvalue weighted by Crippen LogP contribution is 2.47. The average Bonchev–Trinajstić information content (AvgIpc) is 2.80. The fourth-order valence-corrected chi connectivity index (χ4v) is 3.03. The first-order valence-corrected chi connectivity index (χ1v) is 9.30. The SMILES string of the molecule is COc1cc(/C=C/C(=O)/C=C/c2cc(OC)c(OC)c(O)c2OC)c(OC)c(O)c1OC. The molecule has 0 unspecified atom stereocenters. The molecule has 0 aliphatic rings. The summed E-state index contributed by atoms with van der Waals surface area (Å²) >= 11 is 0. The van der Waals surface area contributed by atoms with Gasteiger partial charge in [0, 0.05) is 11.1 Å². The minimum atomic E-state index is -0.377. The number of phenols is 2. The van der Waals surface area contributed by atoms with Gasteiger partial charge in [-0.3, -0.25) is 4.79 Å². The van der Waals surface area contributed by atoms with Gasteiger partial charge in [-0.15, -0.1) is 0 Å². The molecule has 0 saturated carbocycles. The topological polar surface area (TPSA) is 113 Å². The smallest absolute Gasteiger partial charge is 0.207 e. The fraction of sp³-hybridized carbons (Fsp3) is 0.261. The Kier molecular flexibility index (Phi) is 8.23. The molecule has 0 saturated heterocycles. The zero-order chi connectivity index (χ0) is 23.8. The van der Waals surface area contributed by atoms with Crippen LogP contribution >= 0.6 is 0 Å². The number of rotatable bonds is 10. The largest absolute Gasteiger partial charge is 0.502 e. The lowest BCUT2D eigenvalue weighted by molar-refractivity contribution is -0.110. The maximum absolute atomic E-state index is 12.4. The summed E-state index contributed by atoms with van der Waals surface area (Å²) < 4.78 is 31.2. The highest BCUT2D eigenvalue weighted by molar-refractivity contribution is 6.05. The van der Waals surface area contributed by atoms with Crippen LogP contribution in [0.1, 0.15) is 11.1 Å². The summed E-state index contributed by atoms with van der Waals surface area (Å²) in [7, 11) is 8.40. The zero-order valence-electron chi connectivity index (χ0n) is 18.7. The molecule has 0 bridgehead atoms. The van der Waals surface area contributed by atoms with Crippen LogP contribution in [0, 0.1) is 0 Å². The van der Waals surface area contributed by atoms with Gasteiger partial charge >= 0.3 is 0 Å². The highest BCUT2D eigenvalue weighted by atomic mass is 16.5. The second-order valence-electron chi connectivity index (χ2n) is 6.24. The molecule has 0 aliphatic heterocycles.